The molecule has 0 bridgehead atoms. The first-order valence-corrected chi connectivity index (χ1v) is 12.3. The van der Waals surface area contributed by atoms with Gasteiger partial charge < -0.3 is 10.0 Å². The van der Waals surface area contributed by atoms with Gasteiger partial charge in [0.25, 0.3) is 5.91 Å². The number of hydrogen-bond acceptors (Lipinski definition) is 3. The molecule has 0 saturated heterocycles. The smallest absolute Gasteiger partial charge is 0.326 e. The first-order chi connectivity index (χ1) is 16.8. The van der Waals surface area contributed by atoms with Gasteiger partial charge in [-0.25, -0.2) is 9.18 Å². The average molecular weight is 528 g/mol. The molecule has 0 radical (unpaired) electrons. The number of amides is 1. The number of carbonyl (C=O) groups excluding carboxylic acids is 1. The Morgan fingerprint density at radius 3 is 2.40 bits per heavy atom. The summed E-state index contributed by atoms with van der Waals surface area (Å²) in [6.45, 7) is 0.0432. The number of carboxylic acid groups (broad SMARTS) is 1. The van der Waals surface area contributed by atoms with E-state index in [0.717, 1.165) is 16.0 Å². The molecule has 178 valence electrons. The molecule has 0 fully saturated rings. The summed E-state index contributed by atoms with van der Waals surface area (Å²) in [6.07, 6.45) is 0.120. The third kappa shape index (κ3) is 6.09. The van der Waals surface area contributed by atoms with Crippen molar-refractivity contribution in [3.8, 4) is 11.1 Å². The minimum absolute atomic E-state index is 0.0432. The van der Waals surface area contributed by atoms with E-state index in [1.54, 1.807) is 18.2 Å². The molecule has 35 heavy (non-hydrogen) atoms. The summed E-state index contributed by atoms with van der Waals surface area (Å²) in [5.74, 6) is -2.00. The quantitative estimate of drug-likeness (QED) is 0.263. The van der Waals surface area contributed by atoms with Gasteiger partial charge in [0.15, 0.2) is 0 Å². The number of carbonyl (C=O) groups is 2. The highest BCUT2D eigenvalue weighted by Gasteiger charge is 2.32. The maximum atomic E-state index is 13.7. The van der Waals surface area contributed by atoms with E-state index >= 15 is 0 Å². The van der Waals surface area contributed by atoms with Crippen LogP contribution in [0.5, 0.6) is 0 Å². The van der Waals surface area contributed by atoms with Crippen LogP contribution in [0.1, 0.15) is 20.8 Å². The van der Waals surface area contributed by atoms with Crippen LogP contribution in [-0.2, 0) is 17.8 Å². The molecule has 4 nitrogen and oxygen atoms in total. The van der Waals surface area contributed by atoms with E-state index in [1.807, 2.05) is 41.8 Å². The van der Waals surface area contributed by atoms with Crippen LogP contribution in [0.15, 0.2) is 84.2 Å². The molecule has 1 aromatic heterocycles. The summed E-state index contributed by atoms with van der Waals surface area (Å²) < 4.78 is 13.7. The largest absolute Gasteiger partial charge is 0.480 e. The van der Waals surface area contributed by atoms with Crippen LogP contribution >= 0.6 is 34.5 Å². The number of rotatable bonds is 8. The molecule has 1 amide bonds. The molecule has 1 heterocycles. The maximum Gasteiger partial charge on any atom is 0.326 e. The molecular weight excluding hydrogens is 508 g/mol. The van der Waals surface area contributed by atoms with E-state index < -0.39 is 17.9 Å². The minimum Gasteiger partial charge on any atom is -0.480 e. The number of nitrogens with zero attached hydrogens (tertiary/aromatic N) is 1. The zero-order valence-electron chi connectivity index (χ0n) is 18.3. The Morgan fingerprint density at radius 2 is 1.71 bits per heavy atom. The molecule has 4 aromatic rings. The second-order valence-electron chi connectivity index (χ2n) is 7.91. The van der Waals surface area contributed by atoms with Crippen LogP contribution in [0.25, 0.3) is 11.1 Å². The number of benzene rings is 3. The van der Waals surface area contributed by atoms with Crippen LogP contribution in [-0.4, -0.2) is 27.9 Å². The van der Waals surface area contributed by atoms with E-state index in [-0.39, 0.29) is 29.4 Å². The molecule has 0 spiro atoms. The van der Waals surface area contributed by atoms with Crippen LogP contribution in [0.2, 0.25) is 10.0 Å². The van der Waals surface area contributed by atoms with Gasteiger partial charge in [-0.1, -0.05) is 65.7 Å². The average Bonchev–Trinajstić information content (AvgIpc) is 3.30. The molecule has 0 aliphatic carbocycles. The number of hydrogen-bond donors (Lipinski definition) is 1. The van der Waals surface area contributed by atoms with E-state index in [9.17, 15) is 19.1 Å². The van der Waals surface area contributed by atoms with Crippen molar-refractivity contribution in [2.24, 2.45) is 0 Å². The summed E-state index contributed by atoms with van der Waals surface area (Å²) >= 11 is 13.7. The Morgan fingerprint density at radius 1 is 0.943 bits per heavy atom. The van der Waals surface area contributed by atoms with Crippen molar-refractivity contribution in [2.45, 2.75) is 19.0 Å². The minimum atomic E-state index is -1.14. The maximum absolute atomic E-state index is 13.7. The van der Waals surface area contributed by atoms with Crippen LogP contribution in [0.3, 0.4) is 0 Å². The van der Waals surface area contributed by atoms with Crippen LogP contribution < -0.4 is 0 Å². The van der Waals surface area contributed by atoms with E-state index in [4.69, 9.17) is 23.2 Å². The number of thiophene rings is 1. The number of carboxylic acids is 1. The van der Waals surface area contributed by atoms with Crippen LogP contribution in [0.4, 0.5) is 4.39 Å². The van der Waals surface area contributed by atoms with Gasteiger partial charge in [0, 0.05) is 16.3 Å². The molecule has 4 rings (SSSR count). The van der Waals surface area contributed by atoms with E-state index in [1.165, 1.54) is 40.5 Å². The predicted molar refractivity (Wildman–Crippen MR) is 138 cm³/mol. The summed E-state index contributed by atoms with van der Waals surface area (Å²) in [7, 11) is 0. The summed E-state index contributed by atoms with van der Waals surface area (Å²) in [6, 6.07) is 20.5. The van der Waals surface area contributed by atoms with Gasteiger partial charge >= 0.3 is 5.97 Å². The molecule has 0 aliphatic rings. The summed E-state index contributed by atoms with van der Waals surface area (Å²) in [5, 5.41) is 12.5. The second kappa shape index (κ2) is 11.0. The number of aliphatic carboxylic acids is 1. The fraction of sp³-hybridized carbons (Fsp3) is 0.111. The van der Waals surface area contributed by atoms with Crippen molar-refractivity contribution >= 4 is 46.4 Å². The van der Waals surface area contributed by atoms with Gasteiger partial charge in [0.05, 0.1) is 17.1 Å². The molecular formula is C27H20Cl2FNO3S. The van der Waals surface area contributed by atoms with Gasteiger partial charge in [-0.2, -0.15) is 0 Å². The van der Waals surface area contributed by atoms with Gasteiger partial charge in [0.1, 0.15) is 11.9 Å². The third-order valence-corrected chi connectivity index (χ3v) is 6.96. The topological polar surface area (TPSA) is 57.6 Å². The highest BCUT2D eigenvalue weighted by atomic mass is 35.5. The molecule has 1 N–H and O–H groups in total. The van der Waals surface area contributed by atoms with Gasteiger partial charge in [-0.15, -0.1) is 11.3 Å². The van der Waals surface area contributed by atoms with Gasteiger partial charge in [-0.3, -0.25) is 4.79 Å². The lowest BCUT2D eigenvalue weighted by Crippen LogP contribution is -2.46. The summed E-state index contributed by atoms with van der Waals surface area (Å²) in [5.41, 5.74) is 2.44. The monoisotopic (exact) mass is 527 g/mol. The van der Waals surface area contributed by atoms with Crippen molar-refractivity contribution in [2.75, 3.05) is 0 Å². The normalized spacial score (nSPS) is 11.7. The Labute approximate surface area is 216 Å². The Kier molecular flexibility index (Phi) is 7.86. The van der Waals surface area contributed by atoms with Crippen molar-refractivity contribution in [3.05, 3.63) is 116 Å². The molecule has 0 saturated carbocycles. The van der Waals surface area contributed by atoms with Gasteiger partial charge in [-0.05, 0) is 58.5 Å². The first-order valence-electron chi connectivity index (χ1n) is 10.7. The van der Waals surface area contributed by atoms with Crippen molar-refractivity contribution < 1.29 is 19.1 Å². The first kappa shape index (κ1) is 24.9. The van der Waals surface area contributed by atoms with Gasteiger partial charge in [0.2, 0.25) is 0 Å². The Bertz CT molecular complexity index is 1360. The van der Waals surface area contributed by atoms with Crippen LogP contribution in [0, 0.1) is 5.82 Å². The fourth-order valence-electron chi connectivity index (χ4n) is 3.76. The highest BCUT2D eigenvalue weighted by Crippen LogP contribution is 2.30. The highest BCUT2D eigenvalue weighted by molar-refractivity contribution is 7.10. The van der Waals surface area contributed by atoms with Crippen molar-refractivity contribution in [3.63, 3.8) is 0 Å². The predicted octanol–water partition coefficient (Wildman–Crippen LogP) is 7.20. The molecule has 0 aliphatic heterocycles. The Balaban J connectivity index is 1.70. The lowest BCUT2D eigenvalue weighted by Gasteiger charge is -2.29. The lowest BCUT2D eigenvalue weighted by atomic mass is 10.0. The lowest BCUT2D eigenvalue weighted by molar-refractivity contribution is -0.142. The van der Waals surface area contributed by atoms with Crippen molar-refractivity contribution in [1.82, 2.24) is 4.90 Å². The zero-order chi connectivity index (χ0) is 24.9. The fourth-order valence-corrected chi connectivity index (χ4v) is 5.14. The van der Waals surface area contributed by atoms with E-state index in [2.05, 4.69) is 0 Å². The molecule has 1 atom stereocenters. The second-order valence-corrected chi connectivity index (χ2v) is 9.75. The Hall–Kier alpha value is -3.19. The summed E-state index contributed by atoms with van der Waals surface area (Å²) in [4.78, 5) is 28.1. The third-order valence-electron chi connectivity index (χ3n) is 5.49. The van der Waals surface area contributed by atoms with E-state index in [0.29, 0.717) is 10.6 Å². The molecule has 3 aromatic carbocycles. The number of halogens is 3. The molecule has 8 heteroatoms. The molecule has 1 unspecified atom stereocenters. The zero-order valence-corrected chi connectivity index (χ0v) is 20.7. The SMILES string of the molecule is O=C(O)C(Cc1ccccc1)N(Cc1cc(-c2cccc(F)c2)cs1)C(=O)c1ccc(Cl)cc1Cl. The van der Waals surface area contributed by atoms with Crippen molar-refractivity contribution in [1.29, 1.82) is 0 Å². The standard InChI is InChI=1S/C27H20Cl2FNO3S/c28-20-9-10-23(24(29)14-20)26(32)31(25(27(33)34)11-17-5-2-1-3-6-17)15-22-13-19(16-35-22)18-7-4-8-21(30)12-18/h1-10,12-14,16,25H,11,15H2,(H,33,34).